The number of esters is 2. The van der Waals surface area contributed by atoms with E-state index in [4.69, 9.17) is 4.74 Å². The van der Waals surface area contributed by atoms with Gasteiger partial charge in [0.15, 0.2) is 0 Å². The summed E-state index contributed by atoms with van der Waals surface area (Å²) < 4.78 is 15.1. The zero-order valence-electron chi connectivity index (χ0n) is 10.1. The zero-order valence-corrected chi connectivity index (χ0v) is 11.7. The second kappa shape index (κ2) is 7.13. The van der Waals surface area contributed by atoms with Crippen molar-refractivity contribution in [2.75, 3.05) is 20.8 Å². The van der Waals surface area contributed by atoms with E-state index >= 15 is 0 Å². The fourth-order valence-corrected chi connectivity index (χ4v) is 1.70. The first-order chi connectivity index (χ1) is 8.58. The maximum Gasteiger partial charge on any atom is 0.338 e. The van der Waals surface area contributed by atoms with Crippen LogP contribution in [0, 0.1) is 0 Å². The normalized spacial score (nSPS) is 9.94. The van der Waals surface area contributed by atoms with E-state index < -0.39 is 11.9 Å². The van der Waals surface area contributed by atoms with Gasteiger partial charge >= 0.3 is 11.9 Å². The van der Waals surface area contributed by atoms with E-state index in [0.29, 0.717) is 11.1 Å². The zero-order chi connectivity index (χ0) is 13.5. The number of hydrogen-bond acceptors (Lipinski definition) is 5. The SMILES string of the molecule is COC(=O)COCc1cc(Br)ccc1C(=O)OC. The van der Waals surface area contributed by atoms with Crippen molar-refractivity contribution in [3.63, 3.8) is 0 Å². The fourth-order valence-electron chi connectivity index (χ4n) is 1.29. The molecule has 1 rings (SSSR count). The summed E-state index contributed by atoms with van der Waals surface area (Å²) in [5.74, 6) is -0.913. The van der Waals surface area contributed by atoms with Crippen LogP contribution in [0.5, 0.6) is 0 Å². The van der Waals surface area contributed by atoms with Gasteiger partial charge in [0.2, 0.25) is 0 Å². The van der Waals surface area contributed by atoms with Crippen LogP contribution in [-0.2, 0) is 25.6 Å². The second-order valence-corrected chi connectivity index (χ2v) is 4.28. The molecule has 0 aliphatic rings. The van der Waals surface area contributed by atoms with E-state index in [1.807, 2.05) is 0 Å². The molecule has 98 valence electrons. The maximum absolute atomic E-state index is 11.5. The van der Waals surface area contributed by atoms with Gasteiger partial charge in [-0.2, -0.15) is 0 Å². The molecule has 0 amide bonds. The third kappa shape index (κ3) is 4.12. The van der Waals surface area contributed by atoms with Gasteiger partial charge in [0, 0.05) is 4.47 Å². The summed E-state index contributed by atoms with van der Waals surface area (Å²) in [6.07, 6.45) is 0. The van der Waals surface area contributed by atoms with Gasteiger partial charge in [-0.15, -0.1) is 0 Å². The Morgan fingerprint density at radius 2 is 1.94 bits per heavy atom. The van der Waals surface area contributed by atoms with E-state index in [-0.39, 0.29) is 13.2 Å². The number of carbonyl (C=O) groups is 2. The predicted molar refractivity (Wildman–Crippen MR) is 67.2 cm³/mol. The standard InChI is InChI=1S/C12H13BrO5/c1-16-11(14)7-18-6-8-5-9(13)3-4-10(8)12(15)17-2/h3-5H,6-7H2,1-2H3. The first-order valence-corrected chi connectivity index (χ1v) is 5.89. The molecule has 6 heteroatoms. The maximum atomic E-state index is 11.5. The lowest BCUT2D eigenvalue weighted by Gasteiger charge is -2.08. The van der Waals surface area contributed by atoms with Crippen molar-refractivity contribution in [3.05, 3.63) is 33.8 Å². The number of carbonyl (C=O) groups excluding carboxylic acids is 2. The molecule has 0 aliphatic heterocycles. The highest BCUT2D eigenvalue weighted by atomic mass is 79.9. The van der Waals surface area contributed by atoms with Crippen LogP contribution < -0.4 is 0 Å². The quantitative estimate of drug-likeness (QED) is 0.777. The van der Waals surface area contributed by atoms with Crippen LogP contribution in [0.3, 0.4) is 0 Å². The lowest BCUT2D eigenvalue weighted by Crippen LogP contribution is -2.12. The Morgan fingerprint density at radius 3 is 2.56 bits per heavy atom. The Hall–Kier alpha value is -1.40. The van der Waals surface area contributed by atoms with Crippen molar-refractivity contribution >= 4 is 27.9 Å². The van der Waals surface area contributed by atoms with E-state index in [1.54, 1.807) is 18.2 Å². The molecule has 0 radical (unpaired) electrons. The Bertz CT molecular complexity index is 444. The molecule has 0 aliphatic carbocycles. The van der Waals surface area contributed by atoms with Gasteiger partial charge in [-0.3, -0.25) is 0 Å². The van der Waals surface area contributed by atoms with Gasteiger partial charge in [-0.1, -0.05) is 15.9 Å². The third-order valence-corrected chi connectivity index (χ3v) is 2.67. The van der Waals surface area contributed by atoms with Crippen molar-refractivity contribution in [1.29, 1.82) is 0 Å². The summed E-state index contributed by atoms with van der Waals surface area (Å²) in [7, 11) is 2.59. The van der Waals surface area contributed by atoms with Crippen molar-refractivity contribution in [2.45, 2.75) is 6.61 Å². The number of methoxy groups -OCH3 is 2. The van der Waals surface area contributed by atoms with Crippen LogP contribution in [0.15, 0.2) is 22.7 Å². The first kappa shape index (κ1) is 14.7. The highest BCUT2D eigenvalue weighted by Crippen LogP contribution is 2.18. The van der Waals surface area contributed by atoms with Gasteiger partial charge in [0.1, 0.15) is 6.61 Å². The molecule has 0 aromatic heterocycles. The van der Waals surface area contributed by atoms with Crippen LogP contribution in [0.4, 0.5) is 0 Å². The highest BCUT2D eigenvalue weighted by molar-refractivity contribution is 9.10. The molecule has 0 heterocycles. The molecule has 0 fully saturated rings. The molecule has 0 N–H and O–H groups in total. The van der Waals surface area contributed by atoms with Crippen molar-refractivity contribution < 1.29 is 23.8 Å². The predicted octanol–water partition coefficient (Wildman–Crippen LogP) is 1.93. The molecular formula is C12H13BrO5. The molecule has 18 heavy (non-hydrogen) atoms. The van der Waals surface area contributed by atoms with E-state index in [1.165, 1.54) is 14.2 Å². The van der Waals surface area contributed by atoms with Crippen LogP contribution >= 0.6 is 15.9 Å². The van der Waals surface area contributed by atoms with Gasteiger partial charge < -0.3 is 14.2 Å². The number of ether oxygens (including phenoxy) is 3. The van der Waals surface area contributed by atoms with Crippen LogP contribution in [0.1, 0.15) is 15.9 Å². The summed E-state index contributed by atoms with van der Waals surface area (Å²) in [4.78, 5) is 22.4. The van der Waals surface area contributed by atoms with E-state index in [9.17, 15) is 9.59 Å². The first-order valence-electron chi connectivity index (χ1n) is 5.09. The molecule has 1 aromatic carbocycles. The number of benzene rings is 1. The van der Waals surface area contributed by atoms with E-state index in [0.717, 1.165) is 4.47 Å². The molecule has 0 unspecified atom stereocenters. The summed E-state index contributed by atoms with van der Waals surface area (Å²) in [6.45, 7) is -0.0391. The largest absolute Gasteiger partial charge is 0.467 e. The lowest BCUT2D eigenvalue weighted by atomic mass is 10.1. The van der Waals surface area contributed by atoms with Crippen LogP contribution in [0.25, 0.3) is 0 Å². The Labute approximate surface area is 113 Å². The van der Waals surface area contributed by atoms with Gasteiger partial charge in [-0.25, -0.2) is 9.59 Å². The fraction of sp³-hybridized carbons (Fsp3) is 0.333. The highest BCUT2D eigenvalue weighted by Gasteiger charge is 2.12. The average Bonchev–Trinajstić information content (AvgIpc) is 2.37. The van der Waals surface area contributed by atoms with Gasteiger partial charge in [0.05, 0.1) is 26.4 Å². The van der Waals surface area contributed by atoms with Crippen molar-refractivity contribution in [2.24, 2.45) is 0 Å². The Balaban J connectivity index is 2.76. The molecule has 0 saturated heterocycles. The van der Waals surface area contributed by atoms with E-state index in [2.05, 4.69) is 25.4 Å². The smallest absolute Gasteiger partial charge is 0.338 e. The Morgan fingerprint density at radius 1 is 1.22 bits per heavy atom. The lowest BCUT2D eigenvalue weighted by molar-refractivity contribution is -0.146. The summed E-state index contributed by atoms with van der Waals surface area (Å²) in [5.41, 5.74) is 1.05. The summed E-state index contributed by atoms with van der Waals surface area (Å²) in [5, 5.41) is 0. The van der Waals surface area contributed by atoms with Crippen LogP contribution in [-0.4, -0.2) is 32.8 Å². The molecular weight excluding hydrogens is 304 g/mol. The molecule has 0 atom stereocenters. The summed E-state index contributed by atoms with van der Waals surface area (Å²) in [6, 6.07) is 5.10. The molecule has 0 bridgehead atoms. The second-order valence-electron chi connectivity index (χ2n) is 3.36. The Kier molecular flexibility index (Phi) is 5.80. The average molecular weight is 317 g/mol. The number of halogens is 1. The number of rotatable bonds is 5. The third-order valence-electron chi connectivity index (χ3n) is 2.18. The van der Waals surface area contributed by atoms with Gasteiger partial charge in [-0.05, 0) is 23.8 Å². The van der Waals surface area contributed by atoms with Crippen molar-refractivity contribution in [3.8, 4) is 0 Å². The minimum absolute atomic E-state index is 0.124. The van der Waals surface area contributed by atoms with Crippen LogP contribution in [0.2, 0.25) is 0 Å². The molecule has 1 aromatic rings. The monoisotopic (exact) mass is 316 g/mol. The number of hydrogen-bond donors (Lipinski definition) is 0. The summed E-state index contributed by atoms with van der Waals surface area (Å²) >= 11 is 3.30. The molecule has 5 nitrogen and oxygen atoms in total. The molecule has 0 spiro atoms. The minimum Gasteiger partial charge on any atom is -0.467 e. The molecule has 0 saturated carbocycles. The topological polar surface area (TPSA) is 61.8 Å². The van der Waals surface area contributed by atoms with Crippen molar-refractivity contribution in [1.82, 2.24) is 0 Å². The van der Waals surface area contributed by atoms with Gasteiger partial charge in [0.25, 0.3) is 0 Å². The minimum atomic E-state index is -0.468.